The summed E-state index contributed by atoms with van der Waals surface area (Å²) >= 11 is 1.87. The van der Waals surface area contributed by atoms with Gasteiger partial charge in [-0.05, 0) is 141 Å². The predicted molar refractivity (Wildman–Crippen MR) is 296 cm³/mol. The molecule has 0 saturated heterocycles. The molecule has 0 fully saturated rings. The molecule has 0 bridgehead atoms. The molecule has 0 atom stereocenters. The van der Waals surface area contributed by atoms with E-state index in [2.05, 4.69) is 276 Å². The highest BCUT2D eigenvalue weighted by Gasteiger charge is 2.17. The monoisotopic (exact) mass is 896 g/mol. The van der Waals surface area contributed by atoms with Gasteiger partial charge < -0.3 is 9.47 Å². The Kier molecular flexibility index (Phi) is 10.1. The third-order valence-electron chi connectivity index (χ3n) is 13.6. The van der Waals surface area contributed by atoms with Gasteiger partial charge >= 0.3 is 0 Å². The lowest BCUT2D eigenvalue weighted by Gasteiger charge is -2.26. The highest BCUT2D eigenvalue weighted by Crippen LogP contribution is 2.43. The van der Waals surface area contributed by atoms with Crippen LogP contribution in [0.2, 0.25) is 0 Å². The molecule has 0 unspecified atom stereocenters. The first kappa shape index (κ1) is 40.5. The van der Waals surface area contributed by atoms with E-state index in [-0.39, 0.29) is 0 Å². The molecule has 0 spiro atoms. The molecule has 0 saturated carbocycles. The van der Waals surface area contributed by atoms with Gasteiger partial charge in [0.25, 0.3) is 0 Å². The zero-order valence-corrected chi connectivity index (χ0v) is 38.5. The zero-order valence-electron chi connectivity index (χ0n) is 37.7. The first-order valence-electron chi connectivity index (χ1n) is 23.6. The van der Waals surface area contributed by atoms with Gasteiger partial charge in [0, 0.05) is 53.7 Å². The molecule has 11 aromatic carbocycles. The molecular formula is C66H44N2S. The highest BCUT2D eigenvalue weighted by molar-refractivity contribution is 7.26. The summed E-state index contributed by atoms with van der Waals surface area (Å²) in [5, 5.41) is 5.16. The summed E-state index contributed by atoms with van der Waals surface area (Å²) in [6.45, 7) is 0. The normalized spacial score (nSPS) is 11.5. The lowest BCUT2D eigenvalue weighted by Crippen LogP contribution is -2.09. The van der Waals surface area contributed by atoms with Crippen LogP contribution in [0, 0.1) is 0 Å². The number of aromatic nitrogens is 1. The lowest BCUT2D eigenvalue weighted by molar-refractivity contribution is 1.18. The smallest absolute Gasteiger partial charge is 0.0541 e. The molecular weight excluding hydrogens is 853 g/mol. The molecule has 324 valence electrons. The number of anilines is 3. The molecule has 0 N–H and O–H groups in total. The van der Waals surface area contributed by atoms with Crippen molar-refractivity contribution >= 4 is 70.4 Å². The van der Waals surface area contributed by atoms with Crippen LogP contribution in [-0.4, -0.2) is 4.57 Å². The SMILES string of the molecule is c1ccc(-c2cc(-c3ccccc3)cc(-c3ccc(N(c4ccc(-c5ccc(-n6c7ccccc7c7ccccc76)cc5)cc4)c4ccc(-c5cccc6c5sc5ccccc56)cc4)cc3)c2)cc1. The topological polar surface area (TPSA) is 8.17 Å². The number of hydrogen-bond acceptors (Lipinski definition) is 2. The molecule has 2 heterocycles. The van der Waals surface area contributed by atoms with Gasteiger partial charge in [0.05, 0.1) is 11.0 Å². The molecule has 0 aliphatic rings. The van der Waals surface area contributed by atoms with Crippen LogP contribution in [0.5, 0.6) is 0 Å². The largest absolute Gasteiger partial charge is 0.311 e. The molecule has 2 aromatic heterocycles. The molecule has 69 heavy (non-hydrogen) atoms. The third kappa shape index (κ3) is 7.37. The molecule has 0 aliphatic carbocycles. The predicted octanol–water partition coefficient (Wildman–Crippen LogP) is 19.0. The van der Waals surface area contributed by atoms with Gasteiger partial charge in [0.1, 0.15) is 0 Å². The maximum Gasteiger partial charge on any atom is 0.0541 e. The second-order valence-electron chi connectivity index (χ2n) is 17.7. The second-order valence-corrected chi connectivity index (χ2v) is 18.8. The number of rotatable bonds is 9. The van der Waals surface area contributed by atoms with Gasteiger partial charge in [-0.2, -0.15) is 0 Å². The number of thiophene rings is 1. The number of fused-ring (bicyclic) bond motifs is 6. The summed E-state index contributed by atoms with van der Waals surface area (Å²) in [5.74, 6) is 0. The standard InChI is InChI=1S/C66H44N2S/c1-3-14-45(15-4-1)51-42-52(46-16-5-2-6-17-46)44-53(43-51)49-30-36-55(37-31-49)67(56-40-32-50(33-41-56)58-21-13-22-62-61-20-9-12-25-65(61)69-66(58)62)54-34-26-47(27-35-54)48-28-38-57(39-29-48)68-63-23-10-7-18-59(63)60-19-8-11-24-64(60)68/h1-44H. The fourth-order valence-corrected chi connectivity index (χ4v) is 11.4. The van der Waals surface area contributed by atoms with Crippen molar-refractivity contribution < 1.29 is 0 Å². The minimum absolute atomic E-state index is 1.09. The van der Waals surface area contributed by atoms with Crippen molar-refractivity contribution in [1.82, 2.24) is 4.57 Å². The van der Waals surface area contributed by atoms with Crippen molar-refractivity contribution in [3.8, 4) is 61.3 Å². The van der Waals surface area contributed by atoms with Gasteiger partial charge in [0.2, 0.25) is 0 Å². The van der Waals surface area contributed by atoms with E-state index in [1.807, 2.05) is 11.3 Å². The van der Waals surface area contributed by atoms with Crippen LogP contribution in [0.4, 0.5) is 17.1 Å². The van der Waals surface area contributed by atoms with E-state index in [1.54, 1.807) is 0 Å². The van der Waals surface area contributed by atoms with Crippen molar-refractivity contribution in [3.63, 3.8) is 0 Å². The molecule has 2 nitrogen and oxygen atoms in total. The summed E-state index contributed by atoms with van der Waals surface area (Å²) in [5.41, 5.74) is 18.8. The van der Waals surface area contributed by atoms with Crippen LogP contribution in [0.25, 0.3) is 103 Å². The van der Waals surface area contributed by atoms with E-state index < -0.39 is 0 Å². The molecule has 0 radical (unpaired) electrons. The zero-order chi connectivity index (χ0) is 45.7. The lowest BCUT2D eigenvalue weighted by atomic mass is 9.93. The minimum atomic E-state index is 1.09. The second kappa shape index (κ2) is 17.2. The molecule has 0 aliphatic heterocycles. The average Bonchev–Trinajstić information content (AvgIpc) is 3.98. The van der Waals surface area contributed by atoms with Crippen LogP contribution < -0.4 is 4.90 Å². The van der Waals surface area contributed by atoms with Gasteiger partial charge in [-0.3, -0.25) is 0 Å². The number of nitrogens with zero attached hydrogens (tertiary/aromatic N) is 2. The van der Waals surface area contributed by atoms with Gasteiger partial charge in [-0.25, -0.2) is 0 Å². The average molecular weight is 897 g/mol. The molecule has 0 amide bonds. The molecule has 3 heteroatoms. The third-order valence-corrected chi connectivity index (χ3v) is 14.8. The van der Waals surface area contributed by atoms with Crippen LogP contribution in [0.3, 0.4) is 0 Å². The van der Waals surface area contributed by atoms with Gasteiger partial charge in [-0.15, -0.1) is 11.3 Å². The highest BCUT2D eigenvalue weighted by atomic mass is 32.1. The maximum absolute atomic E-state index is 2.37. The van der Waals surface area contributed by atoms with E-state index >= 15 is 0 Å². The van der Waals surface area contributed by atoms with Crippen molar-refractivity contribution in [2.75, 3.05) is 4.90 Å². The van der Waals surface area contributed by atoms with E-state index in [0.717, 1.165) is 22.7 Å². The Hall–Kier alpha value is -8.76. The Bertz CT molecular complexity index is 3850. The van der Waals surface area contributed by atoms with Crippen molar-refractivity contribution in [1.29, 1.82) is 0 Å². The summed E-state index contributed by atoms with van der Waals surface area (Å²) in [6.07, 6.45) is 0. The van der Waals surface area contributed by atoms with Crippen LogP contribution in [0.1, 0.15) is 0 Å². The first-order valence-corrected chi connectivity index (χ1v) is 24.4. The maximum atomic E-state index is 2.37. The summed E-state index contributed by atoms with van der Waals surface area (Å²) in [6, 6.07) is 97.3. The van der Waals surface area contributed by atoms with Gasteiger partial charge in [-0.1, -0.05) is 182 Å². The fourth-order valence-electron chi connectivity index (χ4n) is 10.2. The fraction of sp³-hybridized carbons (Fsp3) is 0. The number of benzene rings is 11. The number of hydrogen-bond donors (Lipinski definition) is 0. The van der Waals surface area contributed by atoms with E-state index in [9.17, 15) is 0 Å². The molecule has 13 aromatic rings. The quantitative estimate of drug-likeness (QED) is 0.140. The van der Waals surface area contributed by atoms with E-state index in [0.29, 0.717) is 0 Å². The van der Waals surface area contributed by atoms with Crippen LogP contribution in [0.15, 0.2) is 267 Å². The Morgan fingerprint density at radius 1 is 0.275 bits per heavy atom. The summed E-state index contributed by atoms with van der Waals surface area (Å²) in [7, 11) is 0. The Balaban J connectivity index is 0.872. The minimum Gasteiger partial charge on any atom is -0.311 e. The van der Waals surface area contributed by atoms with E-state index in [4.69, 9.17) is 0 Å². The molecule has 13 rings (SSSR count). The summed E-state index contributed by atoms with van der Waals surface area (Å²) < 4.78 is 5.01. The number of para-hydroxylation sites is 2. The van der Waals surface area contributed by atoms with E-state index in [1.165, 1.54) is 97.6 Å². The Labute approximate surface area is 405 Å². The van der Waals surface area contributed by atoms with Crippen molar-refractivity contribution in [2.45, 2.75) is 0 Å². The van der Waals surface area contributed by atoms with Crippen molar-refractivity contribution in [2.24, 2.45) is 0 Å². The summed E-state index contributed by atoms with van der Waals surface area (Å²) in [4.78, 5) is 2.37. The Morgan fingerprint density at radius 2 is 0.667 bits per heavy atom. The van der Waals surface area contributed by atoms with Crippen LogP contribution in [-0.2, 0) is 0 Å². The van der Waals surface area contributed by atoms with Crippen LogP contribution >= 0.6 is 11.3 Å². The Morgan fingerprint density at radius 3 is 1.19 bits per heavy atom. The first-order chi connectivity index (χ1) is 34.2. The van der Waals surface area contributed by atoms with Gasteiger partial charge in [0.15, 0.2) is 0 Å². The van der Waals surface area contributed by atoms with Crippen molar-refractivity contribution in [3.05, 3.63) is 267 Å².